The highest BCUT2D eigenvalue weighted by molar-refractivity contribution is 5.99. The molecule has 4 rings (SSSR count). The van der Waals surface area contributed by atoms with E-state index in [9.17, 15) is 19.1 Å². The Hall–Kier alpha value is -3.19. The summed E-state index contributed by atoms with van der Waals surface area (Å²) in [5.74, 6) is -0.930. The number of fused-ring (bicyclic) bond motifs is 2. The first kappa shape index (κ1) is 23.0. The standard InChI is InChI=1S/C26H28FNO5/c1-14-16-7-6-12-32-20(16)11-10-17(14)21-18-9-8-15(27)13-19(18)24(29)28(5)22(21)23(25(30)31)33-26(2,3)4/h8-11,13,23H,6-7,12H2,1-5H3,(H,30,31). The molecular weight excluding hydrogens is 425 g/mol. The summed E-state index contributed by atoms with van der Waals surface area (Å²) < 4.78 is 27.1. The first-order valence-electron chi connectivity index (χ1n) is 11.0. The first-order valence-corrected chi connectivity index (χ1v) is 11.0. The summed E-state index contributed by atoms with van der Waals surface area (Å²) in [7, 11) is 1.50. The normalized spacial score (nSPS) is 14.6. The van der Waals surface area contributed by atoms with Crippen LogP contribution in [0.4, 0.5) is 4.39 Å². The highest BCUT2D eigenvalue weighted by Crippen LogP contribution is 2.41. The lowest BCUT2D eigenvalue weighted by Gasteiger charge is -2.29. The quantitative estimate of drug-likeness (QED) is 0.607. The van der Waals surface area contributed by atoms with E-state index in [0.717, 1.165) is 35.3 Å². The lowest BCUT2D eigenvalue weighted by molar-refractivity contribution is -0.161. The first-order chi connectivity index (χ1) is 15.5. The van der Waals surface area contributed by atoms with Gasteiger partial charge in [0.1, 0.15) is 11.6 Å². The number of aliphatic carboxylic acids is 1. The molecule has 0 radical (unpaired) electrons. The molecule has 0 amide bonds. The minimum atomic E-state index is -1.40. The summed E-state index contributed by atoms with van der Waals surface area (Å²) in [6, 6.07) is 7.77. The second-order valence-corrected chi connectivity index (χ2v) is 9.43. The van der Waals surface area contributed by atoms with Gasteiger partial charge in [0.05, 0.1) is 23.3 Å². The molecule has 33 heavy (non-hydrogen) atoms. The van der Waals surface area contributed by atoms with Crippen LogP contribution < -0.4 is 10.3 Å². The number of ether oxygens (including phenoxy) is 2. The van der Waals surface area contributed by atoms with Gasteiger partial charge in [0.2, 0.25) is 0 Å². The van der Waals surface area contributed by atoms with Gasteiger partial charge in [-0.1, -0.05) is 12.1 Å². The molecule has 0 saturated carbocycles. The Bertz CT molecular complexity index is 1320. The van der Waals surface area contributed by atoms with E-state index in [1.54, 1.807) is 20.8 Å². The molecule has 3 aromatic rings. The number of carboxylic acids is 1. The second-order valence-electron chi connectivity index (χ2n) is 9.43. The SMILES string of the molecule is Cc1c(-c2c(C(OC(C)(C)C)C(=O)O)n(C)c(=O)c3cc(F)ccc23)ccc2c1CCCO2. The predicted octanol–water partition coefficient (Wildman–Crippen LogP) is 4.92. The van der Waals surface area contributed by atoms with Gasteiger partial charge in [0.15, 0.2) is 6.10 Å². The molecule has 0 fully saturated rings. The zero-order valence-corrected chi connectivity index (χ0v) is 19.5. The second kappa shape index (κ2) is 8.30. The molecule has 1 N–H and O–H groups in total. The fourth-order valence-electron chi connectivity index (χ4n) is 4.55. The third-order valence-electron chi connectivity index (χ3n) is 6.00. The van der Waals surface area contributed by atoms with E-state index < -0.39 is 29.1 Å². The predicted molar refractivity (Wildman–Crippen MR) is 124 cm³/mol. The van der Waals surface area contributed by atoms with Crippen molar-refractivity contribution in [2.75, 3.05) is 6.61 Å². The van der Waals surface area contributed by atoms with Crippen LogP contribution in [-0.4, -0.2) is 27.9 Å². The Kier molecular flexibility index (Phi) is 5.78. The van der Waals surface area contributed by atoms with Crippen LogP contribution in [0.3, 0.4) is 0 Å². The van der Waals surface area contributed by atoms with E-state index in [1.807, 2.05) is 19.1 Å². The van der Waals surface area contributed by atoms with Crippen LogP contribution in [-0.2, 0) is 23.0 Å². The number of carbonyl (C=O) groups is 1. The Morgan fingerprint density at radius 3 is 2.61 bits per heavy atom. The molecular formula is C26H28FNO5. The molecule has 1 unspecified atom stereocenters. The number of nitrogens with zero attached hydrogens (tertiary/aromatic N) is 1. The van der Waals surface area contributed by atoms with Crippen LogP contribution in [0.1, 0.15) is 50.1 Å². The number of benzene rings is 2. The highest BCUT2D eigenvalue weighted by atomic mass is 19.1. The van der Waals surface area contributed by atoms with Gasteiger partial charge in [-0.05, 0) is 80.8 Å². The maximum absolute atomic E-state index is 14.1. The largest absolute Gasteiger partial charge is 0.493 e. The van der Waals surface area contributed by atoms with Crippen LogP contribution in [0.25, 0.3) is 21.9 Å². The van der Waals surface area contributed by atoms with Gasteiger partial charge < -0.3 is 19.1 Å². The van der Waals surface area contributed by atoms with Crippen molar-refractivity contribution in [3.63, 3.8) is 0 Å². The van der Waals surface area contributed by atoms with Gasteiger partial charge in [0.25, 0.3) is 5.56 Å². The topological polar surface area (TPSA) is 77.8 Å². The number of carboxylic acid groups (broad SMARTS) is 1. The zero-order chi connectivity index (χ0) is 24.1. The molecule has 1 atom stereocenters. The monoisotopic (exact) mass is 453 g/mol. The average Bonchev–Trinajstić information content (AvgIpc) is 2.75. The summed E-state index contributed by atoms with van der Waals surface area (Å²) in [5.41, 5.74) is 2.27. The maximum atomic E-state index is 14.1. The van der Waals surface area contributed by atoms with Gasteiger partial charge >= 0.3 is 5.97 Å². The zero-order valence-electron chi connectivity index (χ0n) is 19.5. The van der Waals surface area contributed by atoms with Crippen molar-refractivity contribution in [1.82, 2.24) is 4.57 Å². The Labute approximate surface area is 191 Å². The van der Waals surface area contributed by atoms with Gasteiger partial charge in [-0.15, -0.1) is 0 Å². The number of pyridine rings is 1. The molecule has 2 aromatic carbocycles. The Morgan fingerprint density at radius 1 is 1.21 bits per heavy atom. The van der Waals surface area contributed by atoms with Crippen molar-refractivity contribution >= 4 is 16.7 Å². The van der Waals surface area contributed by atoms with Crippen LogP contribution in [0.2, 0.25) is 0 Å². The molecule has 1 aromatic heterocycles. The molecule has 7 heteroatoms. The minimum Gasteiger partial charge on any atom is -0.493 e. The smallest absolute Gasteiger partial charge is 0.339 e. The van der Waals surface area contributed by atoms with E-state index in [4.69, 9.17) is 9.47 Å². The number of rotatable bonds is 4. The number of aromatic nitrogens is 1. The summed E-state index contributed by atoms with van der Waals surface area (Å²) in [6.45, 7) is 7.91. The van der Waals surface area contributed by atoms with Crippen LogP contribution >= 0.6 is 0 Å². The van der Waals surface area contributed by atoms with Crippen LogP contribution in [0, 0.1) is 12.7 Å². The van der Waals surface area contributed by atoms with Crippen LogP contribution in [0.5, 0.6) is 5.75 Å². The number of hydrogen-bond acceptors (Lipinski definition) is 4. The summed E-state index contributed by atoms with van der Waals surface area (Å²) in [6.07, 6.45) is 0.316. The third kappa shape index (κ3) is 4.13. The number of halogens is 1. The van der Waals surface area contributed by atoms with Gasteiger partial charge in [-0.2, -0.15) is 0 Å². The lowest BCUT2D eigenvalue weighted by Crippen LogP contribution is -2.33. The van der Waals surface area contributed by atoms with Crippen molar-refractivity contribution in [2.45, 2.75) is 52.2 Å². The fourth-order valence-corrected chi connectivity index (χ4v) is 4.55. The van der Waals surface area contributed by atoms with Crippen LogP contribution in [0.15, 0.2) is 35.1 Å². The molecule has 174 valence electrons. The van der Waals surface area contributed by atoms with E-state index in [1.165, 1.54) is 29.8 Å². The van der Waals surface area contributed by atoms with E-state index in [0.29, 0.717) is 17.6 Å². The Balaban J connectivity index is 2.14. The molecule has 0 bridgehead atoms. The minimum absolute atomic E-state index is 0.185. The van der Waals surface area contributed by atoms with Crippen molar-refractivity contribution in [2.24, 2.45) is 7.05 Å². The molecule has 1 aliphatic heterocycles. The van der Waals surface area contributed by atoms with Gasteiger partial charge in [-0.25, -0.2) is 9.18 Å². The van der Waals surface area contributed by atoms with Crippen molar-refractivity contribution < 1.29 is 23.8 Å². The van der Waals surface area contributed by atoms with E-state index in [2.05, 4.69) is 0 Å². The van der Waals surface area contributed by atoms with Crippen molar-refractivity contribution in [3.05, 3.63) is 63.3 Å². The molecule has 0 aliphatic carbocycles. The molecule has 2 heterocycles. The summed E-state index contributed by atoms with van der Waals surface area (Å²) in [4.78, 5) is 25.6. The van der Waals surface area contributed by atoms with Gasteiger partial charge in [-0.3, -0.25) is 4.79 Å². The third-order valence-corrected chi connectivity index (χ3v) is 6.00. The summed E-state index contributed by atoms with van der Waals surface area (Å²) >= 11 is 0. The molecule has 0 spiro atoms. The molecule has 1 aliphatic rings. The Morgan fingerprint density at radius 2 is 1.94 bits per heavy atom. The molecule has 0 saturated heterocycles. The lowest BCUT2D eigenvalue weighted by atomic mass is 9.88. The van der Waals surface area contributed by atoms with Gasteiger partial charge in [0, 0.05) is 12.6 Å². The summed E-state index contributed by atoms with van der Waals surface area (Å²) in [5, 5.41) is 10.8. The molecule has 6 nitrogen and oxygen atoms in total. The fraction of sp³-hybridized carbons (Fsp3) is 0.385. The highest BCUT2D eigenvalue weighted by Gasteiger charge is 2.33. The van der Waals surface area contributed by atoms with E-state index >= 15 is 0 Å². The number of hydrogen-bond donors (Lipinski definition) is 1. The van der Waals surface area contributed by atoms with Crippen molar-refractivity contribution in [3.8, 4) is 16.9 Å². The maximum Gasteiger partial charge on any atom is 0.339 e. The van der Waals surface area contributed by atoms with Crippen molar-refractivity contribution in [1.29, 1.82) is 0 Å². The van der Waals surface area contributed by atoms with E-state index in [-0.39, 0.29) is 11.1 Å². The average molecular weight is 454 g/mol.